The van der Waals surface area contributed by atoms with Crippen molar-refractivity contribution in [3.63, 3.8) is 0 Å². The van der Waals surface area contributed by atoms with E-state index in [4.69, 9.17) is 9.72 Å². The Morgan fingerprint density at radius 1 is 1.16 bits per heavy atom. The van der Waals surface area contributed by atoms with Gasteiger partial charge in [-0.15, -0.1) is 0 Å². The molecule has 0 aliphatic heterocycles. The average Bonchev–Trinajstić information content (AvgIpc) is 2.83. The molecular formula is C26H25N3O2. The van der Waals surface area contributed by atoms with Crippen molar-refractivity contribution in [3.8, 4) is 6.07 Å². The molecule has 0 saturated carbocycles. The lowest BCUT2D eigenvalue weighted by Crippen LogP contribution is -2.31. The number of fused-ring (bicyclic) bond motifs is 1. The third-order valence-corrected chi connectivity index (χ3v) is 5.86. The fourth-order valence-corrected chi connectivity index (χ4v) is 4.32. The van der Waals surface area contributed by atoms with E-state index in [0.717, 1.165) is 37.1 Å². The molecule has 1 unspecified atom stereocenters. The van der Waals surface area contributed by atoms with Crippen LogP contribution in [-0.4, -0.2) is 23.0 Å². The van der Waals surface area contributed by atoms with Gasteiger partial charge in [-0.1, -0.05) is 42.5 Å². The van der Waals surface area contributed by atoms with Gasteiger partial charge in [0.25, 0.3) is 0 Å². The van der Waals surface area contributed by atoms with Gasteiger partial charge in [0.2, 0.25) is 0 Å². The first-order valence-corrected chi connectivity index (χ1v) is 10.5. The number of rotatable bonds is 6. The van der Waals surface area contributed by atoms with Gasteiger partial charge in [-0.2, -0.15) is 5.26 Å². The molecule has 156 valence electrons. The Kier molecular flexibility index (Phi) is 6.40. The Hall–Kier alpha value is -3.49. The molecule has 0 N–H and O–H groups in total. The number of benzene rings is 2. The summed E-state index contributed by atoms with van der Waals surface area (Å²) in [6.07, 6.45) is 5.06. The summed E-state index contributed by atoms with van der Waals surface area (Å²) < 4.78 is 4.80. The highest BCUT2D eigenvalue weighted by atomic mass is 16.5. The van der Waals surface area contributed by atoms with Gasteiger partial charge in [0.1, 0.15) is 0 Å². The minimum Gasteiger partial charge on any atom is -0.465 e. The number of carbonyl (C=O) groups excluding carboxylic acids is 1. The zero-order chi connectivity index (χ0) is 21.6. The number of methoxy groups -OCH3 is 1. The molecule has 2 aromatic carbocycles. The lowest BCUT2D eigenvalue weighted by Gasteiger charge is -2.35. The van der Waals surface area contributed by atoms with Crippen LogP contribution < -0.4 is 0 Å². The maximum atomic E-state index is 11.9. The average molecular weight is 412 g/mol. The quantitative estimate of drug-likeness (QED) is 0.544. The lowest BCUT2D eigenvalue weighted by atomic mass is 9.90. The second-order valence-electron chi connectivity index (χ2n) is 7.82. The first-order chi connectivity index (χ1) is 15.2. The van der Waals surface area contributed by atoms with Crippen LogP contribution in [0.4, 0.5) is 0 Å². The molecule has 1 aliphatic carbocycles. The van der Waals surface area contributed by atoms with Gasteiger partial charge in [0.15, 0.2) is 0 Å². The number of nitriles is 1. The highest BCUT2D eigenvalue weighted by Gasteiger charge is 2.28. The Morgan fingerprint density at radius 2 is 2.00 bits per heavy atom. The predicted octanol–water partition coefficient (Wildman–Crippen LogP) is 4.82. The monoisotopic (exact) mass is 411 g/mol. The highest BCUT2D eigenvalue weighted by molar-refractivity contribution is 5.89. The van der Waals surface area contributed by atoms with Crippen molar-refractivity contribution >= 4 is 5.97 Å². The maximum Gasteiger partial charge on any atom is 0.337 e. The van der Waals surface area contributed by atoms with Crippen LogP contribution in [0.25, 0.3) is 0 Å². The number of pyridine rings is 1. The number of esters is 1. The van der Waals surface area contributed by atoms with Crippen molar-refractivity contribution < 1.29 is 9.53 Å². The number of aryl methyl sites for hydroxylation is 1. The molecule has 0 saturated heterocycles. The summed E-state index contributed by atoms with van der Waals surface area (Å²) in [5, 5.41) is 9.74. The van der Waals surface area contributed by atoms with E-state index in [0.29, 0.717) is 17.7 Å². The lowest BCUT2D eigenvalue weighted by molar-refractivity contribution is 0.0600. The molecule has 1 heterocycles. The first-order valence-electron chi connectivity index (χ1n) is 10.5. The summed E-state index contributed by atoms with van der Waals surface area (Å²) in [5.41, 5.74) is 5.44. The van der Waals surface area contributed by atoms with E-state index in [1.54, 1.807) is 12.1 Å². The topological polar surface area (TPSA) is 66.2 Å². The second kappa shape index (κ2) is 9.55. The summed E-state index contributed by atoms with van der Waals surface area (Å²) in [7, 11) is 1.34. The second-order valence-corrected chi connectivity index (χ2v) is 7.82. The van der Waals surface area contributed by atoms with E-state index in [2.05, 4.69) is 29.2 Å². The van der Waals surface area contributed by atoms with Crippen molar-refractivity contribution in [2.45, 2.75) is 38.4 Å². The molecule has 5 heteroatoms. The van der Waals surface area contributed by atoms with Crippen LogP contribution in [0, 0.1) is 11.3 Å². The zero-order valence-electron chi connectivity index (χ0n) is 17.6. The third kappa shape index (κ3) is 4.65. The van der Waals surface area contributed by atoms with Crippen LogP contribution in [0.2, 0.25) is 0 Å². The number of ether oxygens (including phenoxy) is 1. The van der Waals surface area contributed by atoms with Crippen molar-refractivity contribution in [2.24, 2.45) is 0 Å². The molecule has 0 radical (unpaired) electrons. The van der Waals surface area contributed by atoms with E-state index in [9.17, 15) is 10.1 Å². The third-order valence-electron chi connectivity index (χ3n) is 5.86. The summed E-state index contributed by atoms with van der Waals surface area (Å²) >= 11 is 0. The fraction of sp³-hybridized carbons (Fsp3) is 0.269. The van der Waals surface area contributed by atoms with Gasteiger partial charge in [-0.05, 0) is 54.2 Å². The predicted molar refractivity (Wildman–Crippen MR) is 118 cm³/mol. The summed E-state index contributed by atoms with van der Waals surface area (Å²) in [6, 6.07) is 22.2. The molecule has 31 heavy (non-hydrogen) atoms. The van der Waals surface area contributed by atoms with Crippen LogP contribution in [0.1, 0.15) is 57.2 Å². The molecule has 1 aliphatic rings. The Bertz CT molecular complexity index is 1110. The van der Waals surface area contributed by atoms with E-state index < -0.39 is 5.97 Å². The first kappa shape index (κ1) is 20.8. The fourth-order valence-electron chi connectivity index (χ4n) is 4.32. The summed E-state index contributed by atoms with van der Waals surface area (Å²) in [6.45, 7) is 1.35. The van der Waals surface area contributed by atoms with Gasteiger partial charge in [0.05, 0.1) is 36.0 Å². The van der Waals surface area contributed by atoms with Crippen LogP contribution in [0.5, 0.6) is 0 Å². The van der Waals surface area contributed by atoms with Crippen LogP contribution in [0.15, 0.2) is 66.9 Å². The molecule has 0 fully saturated rings. The van der Waals surface area contributed by atoms with Gasteiger partial charge in [0, 0.05) is 19.3 Å². The zero-order valence-corrected chi connectivity index (χ0v) is 17.6. The number of aromatic nitrogens is 1. The normalized spacial score (nSPS) is 15.2. The number of hydrogen-bond acceptors (Lipinski definition) is 5. The Balaban J connectivity index is 1.69. The molecule has 0 spiro atoms. The van der Waals surface area contributed by atoms with E-state index in [-0.39, 0.29) is 6.04 Å². The highest BCUT2D eigenvalue weighted by Crippen LogP contribution is 2.35. The molecule has 3 aromatic rings. The van der Waals surface area contributed by atoms with Crippen LogP contribution >= 0.6 is 0 Å². The smallest absolute Gasteiger partial charge is 0.337 e. The minimum atomic E-state index is -0.436. The van der Waals surface area contributed by atoms with Crippen LogP contribution in [0.3, 0.4) is 0 Å². The Labute approximate surface area is 182 Å². The molecular weight excluding hydrogens is 386 g/mol. The Morgan fingerprint density at radius 3 is 2.77 bits per heavy atom. The number of carbonyl (C=O) groups is 1. The molecule has 4 rings (SSSR count). The van der Waals surface area contributed by atoms with Crippen molar-refractivity contribution in [1.29, 1.82) is 5.26 Å². The summed E-state index contributed by atoms with van der Waals surface area (Å²) in [5.74, 6) is -0.436. The van der Waals surface area contributed by atoms with E-state index >= 15 is 0 Å². The van der Waals surface area contributed by atoms with Gasteiger partial charge in [-0.3, -0.25) is 9.88 Å². The van der Waals surface area contributed by atoms with Crippen molar-refractivity contribution in [2.75, 3.05) is 7.11 Å². The van der Waals surface area contributed by atoms with E-state index in [1.165, 1.54) is 18.2 Å². The molecule has 1 atom stereocenters. The minimum absolute atomic E-state index is 0.178. The largest absolute Gasteiger partial charge is 0.465 e. The number of hydrogen-bond donors (Lipinski definition) is 0. The van der Waals surface area contributed by atoms with Gasteiger partial charge in [-0.25, -0.2) is 4.79 Å². The van der Waals surface area contributed by atoms with Crippen molar-refractivity contribution in [1.82, 2.24) is 9.88 Å². The van der Waals surface area contributed by atoms with E-state index in [1.807, 2.05) is 36.5 Å². The molecule has 1 aromatic heterocycles. The summed E-state index contributed by atoms with van der Waals surface area (Å²) in [4.78, 5) is 19.0. The molecule has 5 nitrogen and oxygen atoms in total. The SMILES string of the molecule is COC(=O)c1ccc(CN(Cc2ccccc2)C2CCCc3cccnc32)c(C#N)c1. The van der Waals surface area contributed by atoms with Gasteiger partial charge >= 0.3 is 5.97 Å². The molecule has 0 amide bonds. The maximum absolute atomic E-state index is 11.9. The van der Waals surface area contributed by atoms with Gasteiger partial charge < -0.3 is 4.74 Å². The van der Waals surface area contributed by atoms with Crippen molar-refractivity contribution in [3.05, 3.63) is 100 Å². The number of nitrogens with zero attached hydrogens (tertiary/aromatic N) is 3. The molecule has 0 bridgehead atoms. The standard InChI is InChI=1S/C26H25N3O2/c1-31-26(30)21-12-13-22(23(15-21)16-27)18-29(17-19-7-3-2-4-8-19)24-11-5-9-20-10-6-14-28-25(20)24/h2-4,6-8,10,12-15,24H,5,9,11,17-18H2,1H3. The van der Waals surface area contributed by atoms with Crippen LogP contribution in [-0.2, 0) is 24.2 Å².